The highest BCUT2D eigenvalue weighted by Crippen LogP contribution is 2.30. The molecule has 1 saturated heterocycles. The number of carbonyl (C=O) groups is 1. The van der Waals surface area contributed by atoms with E-state index in [4.69, 9.17) is 10.2 Å². The lowest BCUT2D eigenvalue weighted by Gasteiger charge is -2.10. The molecule has 1 aliphatic heterocycles. The molecule has 0 unspecified atom stereocenters. The second kappa shape index (κ2) is 2.38. The average Bonchev–Trinajstić information content (AvgIpc) is 2.14. The summed E-state index contributed by atoms with van der Waals surface area (Å²) in [5.41, 5.74) is 0. The fraction of sp³-hybridized carbons (Fsp3) is 0.800. The van der Waals surface area contributed by atoms with E-state index in [0.717, 1.165) is 0 Å². The quantitative estimate of drug-likeness (QED) is 0.488. The van der Waals surface area contributed by atoms with Gasteiger partial charge in [-0.25, -0.2) is 4.79 Å². The molecule has 1 heterocycles. The highest BCUT2D eigenvalue weighted by Gasteiger charge is 2.59. The first-order valence-corrected chi connectivity index (χ1v) is 2.88. The molecular weight excluding hydrogens is 162 g/mol. The smallest absolute Gasteiger partial charge is 0.380 e. The van der Waals surface area contributed by atoms with Gasteiger partial charge in [0.05, 0.1) is 6.61 Å². The minimum atomic E-state index is -3.88. The van der Waals surface area contributed by atoms with Crippen LogP contribution in [-0.2, 0) is 9.53 Å². The van der Waals surface area contributed by atoms with Crippen molar-refractivity contribution in [3.05, 3.63) is 0 Å². The summed E-state index contributed by atoms with van der Waals surface area (Å²) in [6.45, 7) is -0.803. The van der Waals surface area contributed by atoms with Crippen molar-refractivity contribution in [1.82, 2.24) is 0 Å². The van der Waals surface area contributed by atoms with Crippen molar-refractivity contribution in [1.29, 1.82) is 0 Å². The van der Waals surface area contributed by atoms with Crippen molar-refractivity contribution in [2.24, 2.45) is 0 Å². The van der Waals surface area contributed by atoms with Crippen molar-refractivity contribution in [2.75, 3.05) is 6.61 Å². The third kappa shape index (κ3) is 1.08. The van der Waals surface area contributed by atoms with Gasteiger partial charge in [0, 0.05) is 0 Å². The highest BCUT2D eigenvalue weighted by atomic mass is 19.3. The van der Waals surface area contributed by atoms with Crippen LogP contribution in [0.4, 0.5) is 8.78 Å². The van der Waals surface area contributed by atoms with Gasteiger partial charge < -0.3 is 14.9 Å². The molecule has 0 aliphatic carbocycles. The Hall–Kier alpha value is -0.750. The standard InChI is InChI=1S/C5H6F2O4/c6-5(7)3(9)2(1-8)11-4(5)10/h2-3,8-9H,1H2/t2-,3-/m1/s1. The van der Waals surface area contributed by atoms with Gasteiger partial charge in [-0.05, 0) is 0 Å². The molecule has 0 amide bonds. The molecule has 11 heavy (non-hydrogen) atoms. The molecular formula is C5H6F2O4. The van der Waals surface area contributed by atoms with E-state index in [1.807, 2.05) is 0 Å². The summed E-state index contributed by atoms with van der Waals surface area (Å²) < 4.78 is 28.6. The van der Waals surface area contributed by atoms with Gasteiger partial charge in [-0.2, -0.15) is 8.78 Å². The number of aliphatic hydroxyl groups excluding tert-OH is 2. The molecule has 1 aliphatic rings. The normalized spacial score (nSPS) is 35.5. The number of carbonyl (C=O) groups excluding carboxylic acids is 1. The van der Waals surface area contributed by atoms with Crippen molar-refractivity contribution < 1.29 is 28.5 Å². The molecule has 0 radical (unpaired) electrons. The highest BCUT2D eigenvalue weighted by molar-refractivity contribution is 5.81. The average molecular weight is 168 g/mol. The largest absolute Gasteiger partial charge is 0.452 e. The Labute approximate surface area is 60.4 Å². The van der Waals surface area contributed by atoms with E-state index in [2.05, 4.69) is 4.74 Å². The Morgan fingerprint density at radius 1 is 1.64 bits per heavy atom. The SMILES string of the molecule is O=C1O[C@H](CO)[C@@H](O)C1(F)F. The first kappa shape index (κ1) is 8.35. The van der Waals surface area contributed by atoms with Crippen LogP contribution in [0.3, 0.4) is 0 Å². The van der Waals surface area contributed by atoms with Gasteiger partial charge in [0.25, 0.3) is 0 Å². The third-order valence-electron chi connectivity index (χ3n) is 1.43. The summed E-state index contributed by atoms with van der Waals surface area (Å²) in [6, 6.07) is 0. The Kier molecular flexibility index (Phi) is 1.81. The Morgan fingerprint density at radius 2 is 2.18 bits per heavy atom. The van der Waals surface area contributed by atoms with Gasteiger partial charge in [0.2, 0.25) is 0 Å². The van der Waals surface area contributed by atoms with Crippen LogP contribution >= 0.6 is 0 Å². The number of cyclic esters (lactones) is 1. The van der Waals surface area contributed by atoms with Crippen LogP contribution in [0.15, 0.2) is 0 Å². The van der Waals surface area contributed by atoms with Gasteiger partial charge in [-0.15, -0.1) is 0 Å². The lowest BCUT2D eigenvalue weighted by molar-refractivity contribution is -0.162. The maximum absolute atomic E-state index is 12.3. The number of ether oxygens (including phenoxy) is 1. The molecule has 0 aromatic carbocycles. The zero-order valence-electron chi connectivity index (χ0n) is 5.33. The second-order valence-electron chi connectivity index (χ2n) is 2.19. The summed E-state index contributed by atoms with van der Waals surface area (Å²) in [5, 5.41) is 16.9. The van der Waals surface area contributed by atoms with E-state index in [9.17, 15) is 13.6 Å². The number of alkyl halides is 2. The van der Waals surface area contributed by atoms with Crippen LogP contribution in [0, 0.1) is 0 Å². The second-order valence-corrected chi connectivity index (χ2v) is 2.19. The van der Waals surface area contributed by atoms with Crippen molar-refractivity contribution in [3.8, 4) is 0 Å². The summed E-state index contributed by atoms with van der Waals surface area (Å²) in [5.74, 6) is -5.67. The van der Waals surface area contributed by atoms with E-state index in [0.29, 0.717) is 0 Å². The molecule has 1 fully saturated rings. The minimum absolute atomic E-state index is 0.803. The van der Waals surface area contributed by atoms with Crippen LogP contribution in [-0.4, -0.2) is 40.9 Å². The van der Waals surface area contributed by atoms with Gasteiger partial charge >= 0.3 is 11.9 Å². The van der Waals surface area contributed by atoms with E-state index in [1.165, 1.54) is 0 Å². The molecule has 0 saturated carbocycles. The maximum atomic E-state index is 12.3. The molecule has 0 aromatic rings. The number of hydrogen-bond donors (Lipinski definition) is 2. The van der Waals surface area contributed by atoms with Crippen LogP contribution in [0.1, 0.15) is 0 Å². The van der Waals surface area contributed by atoms with E-state index < -0.39 is 30.7 Å². The zero-order valence-corrected chi connectivity index (χ0v) is 5.33. The van der Waals surface area contributed by atoms with Gasteiger partial charge in [-0.3, -0.25) is 0 Å². The molecule has 6 heteroatoms. The van der Waals surface area contributed by atoms with Gasteiger partial charge in [0.1, 0.15) is 0 Å². The van der Waals surface area contributed by atoms with Crippen LogP contribution in [0.25, 0.3) is 0 Å². The molecule has 2 atom stereocenters. The van der Waals surface area contributed by atoms with Crippen LogP contribution < -0.4 is 0 Å². The zero-order chi connectivity index (χ0) is 8.65. The molecule has 64 valence electrons. The van der Waals surface area contributed by atoms with Gasteiger partial charge in [0.15, 0.2) is 12.2 Å². The van der Waals surface area contributed by atoms with Crippen LogP contribution in [0.2, 0.25) is 0 Å². The number of esters is 1. The summed E-state index contributed by atoms with van der Waals surface area (Å²) in [7, 11) is 0. The van der Waals surface area contributed by atoms with Crippen molar-refractivity contribution in [3.63, 3.8) is 0 Å². The Bertz CT molecular complexity index is 181. The lowest BCUT2D eigenvalue weighted by atomic mass is 10.1. The molecule has 1 rings (SSSR count). The number of hydrogen-bond acceptors (Lipinski definition) is 4. The van der Waals surface area contributed by atoms with E-state index >= 15 is 0 Å². The monoisotopic (exact) mass is 168 g/mol. The number of halogens is 2. The topological polar surface area (TPSA) is 66.8 Å². The molecule has 0 aromatic heterocycles. The minimum Gasteiger partial charge on any atom is -0.452 e. The molecule has 0 spiro atoms. The van der Waals surface area contributed by atoms with E-state index in [-0.39, 0.29) is 0 Å². The van der Waals surface area contributed by atoms with E-state index in [1.54, 1.807) is 0 Å². The predicted molar refractivity (Wildman–Crippen MR) is 27.9 cm³/mol. The maximum Gasteiger partial charge on any atom is 0.380 e. The fourth-order valence-electron chi connectivity index (χ4n) is 0.772. The Balaban J connectivity index is 2.80. The fourth-order valence-corrected chi connectivity index (χ4v) is 0.772. The summed E-state index contributed by atoms with van der Waals surface area (Å²) in [6.07, 6.45) is -3.74. The first-order valence-electron chi connectivity index (χ1n) is 2.88. The predicted octanol–water partition coefficient (Wildman–Crippen LogP) is -1.10. The van der Waals surface area contributed by atoms with Crippen molar-refractivity contribution in [2.45, 2.75) is 18.1 Å². The van der Waals surface area contributed by atoms with Crippen LogP contribution in [0.5, 0.6) is 0 Å². The summed E-state index contributed by atoms with van der Waals surface area (Å²) in [4.78, 5) is 10.2. The Morgan fingerprint density at radius 3 is 2.36 bits per heavy atom. The molecule has 0 bridgehead atoms. The molecule has 2 N–H and O–H groups in total. The van der Waals surface area contributed by atoms with Crippen molar-refractivity contribution >= 4 is 5.97 Å². The first-order chi connectivity index (χ1) is 5.00. The number of rotatable bonds is 1. The molecule has 4 nitrogen and oxygen atoms in total. The summed E-state index contributed by atoms with van der Waals surface area (Å²) >= 11 is 0. The van der Waals surface area contributed by atoms with Gasteiger partial charge in [-0.1, -0.05) is 0 Å². The third-order valence-corrected chi connectivity index (χ3v) is 1.43. The lowest BCUT2D eigenvalue weighted by Crippen LogP contribution is -2.38. The number of aliphatic hydroxyl groups is 2.